The molecule has 0 bridgehead atoms. The van der Waals surface area contributed by atoms with Crippen molar-refractivity contribution in [3.05, 3.63) is 57.6 Å². The normalized spacial score (nSPS) is 11.6. The number of aryl methyl sites for hydroxylation is 2. The molecule has 0 aromatic heterocycles. The van der Waals surface area contributed by atoms with Gasteiger partial charge >= 0.3 is 210 Å². The van der Waals surface area contributed by atoms with Crippen molar-refractivity contribution in [3.8, 4) is 11.5 Å². The maximum atomic E-state index is 7.12. The van der Waals surface area contributed by atoms with Crippen molar-refractivity contribution in [2.45, 2.75) is 116 Å². The molecular weight excluding hydrogens is 511 g/mol. The number of hydrogen-bond donors (Lipinski definition) is 0. The zero-order valence-corrected chi connectivity index (χ0v) is 25.6. The van der Waals surface area contributed by atoms with Crippen LogP contribution in [0.25, 0.3) is 0 Å². The zero-order valence-electron chi connectivity index (χ0n) is 22.7. The van der Waals surface area contributed by atoms with E-state index >= 15 is 0 Å². The van der Waals surface area contributed by atoms with Crippen molar-refractivity contribution < 1.29 is 6.15 Å². The first kappa shape index (κ1) is 28.1. The summed E-state index contributed by atoms with van der Waals surface area (Å²) in [5.74, 6) is 2.12. The Morgan fingerprint density at radius 3 is 1.27 bits per heavy atom. The summed E-state index contributed by atoms with van der Waals surface area (Å²) in [6.07, 6.45) is 9.32. The third-order valence-electron chi connectivity index (χ3n) is 7.15. The minimum absolute atomic E-state index is 1.06. The van der Waals surface area contributed by atoms with Gasteiger partial charge in [0.25, 0.3) is 0 Å². The SMILES string of the molecule is CCC[CH2][Sn]([CH2]CCC)([O]c1ccc(CCC)c(C)c1C)[O]c1ccc(CCC)c(C)c1C. The molecule has 0 saturated carbocycles. The van der Waals surface area contributed by atoms with E-state index in [2.05, 4.69) is 79.7 Å². The molecule has 0 aliphatic heterocycles. The molecule has 0 aliphatic rings. The summed E-state index contributed by atoms with van der Waals surface area (Å²) < 4.78 is 16.4. The van der Waals surface area contributed by atoms with Crippen LogP contribution in [0.2, 0.25) is 8.87 Å². The molecule has 0 N–H and O–H groups in total. The fraction of sp³-hybridized carbons (Fsp3) is 0.600. The van der Waals surface area contributed by atoms with Gasteiger partial charge in [0.1, 0.15) is 0 Å². The van der Waals surface area contributed by atoms with Crippen molar-refractivity contribution in [2.75, 3.05) is 0 Å². The summed E-state index contributed by atoms with van der Waals surface area (Å²) in [6, 6.07) is 9.02. The third kappa shape index (κ3) is 7.41. The predicted octanol–water partition coefficient (Wildman–Crippen LogP) is 9.33. The van der Waals surface area contributed by atoms with Gasteiger partial charge in [-0.25, -0.2) is 0 Å². The second kappa shape index (κ2) is 13.7. The van der Waals surface area contributed by atoms with E-state index in [-0.39, 0.29) is 0 Å². The molecule has 0 unspecified atom stereocenters. The molecule has 0 amide bonds. The van der Waals surface area contributed by atoms with Gasteiger partial charge < -0.3 is 0 Å². The van der Waals surface area contributed by atoms with Crippen LogP contribution in [0.1, 0.15) is 99.6 Å². The molecule has 0 radical (unpaired) electrons. The van der Waals surface area contributed by atoms with E-state index in [1.54, 1.807) is 0 Å². The summed E-state index contributed by atoms with van der Waals surface area (Å²) in [4.78, 5) is 0. The molecule has 0 heterocycles. The van der Waals surface area contributed by atoms with Gasteiger partial charge in [-0.1, -0.05) is 0 Å². The van der Waals surface area contributed by atoms with Crippen LogP contribution < -0.4 is 6.15 Å². The van der Waals surface area contributed by atoms with Crippen LogP contribution in [0, 0.1) is 27.7 Å². The summed E-state index contributed by atoms with van der Waals surface area (Å²) in [5.41, 5.74) is 8.26. The fourth-order valence-corrected chi connectivity index (χ4v) is 15.3. The Hall–Kier alpha value is -1.16. The van der Waals surface area contributed by atoms with Crippen molar-refractivity contribution in [1.82, 2.24) is 0 Å². The van der Waals surface area contributed by atoms with Crippen LogP contribution in [0.4, 0.5) is 0 Å². The second-order valence-corrected chi connectivity index (χ2v) is 19.0. The van der Waals surface area contributed by atoms with E-state index in [4.69, 9.17) is 6.15 Å². The Morgan fingerprint density at radius 1 is 0.545 bits per heavy atom. The molecule has 3 heteroatoms. The average Bonchev–Trinajstić information content (AvgIpc) is 2.81. The Bertz CT molecular complexity index is 814. The van der Waals surface area contributed by atoms with Crippen molar-refractivity contribution in [1.29, 1.82) is 0 Å². The Morgan fingerprint density at radius 2 is 0.939 bits per heavy atom. The monoisotopic (exact) mass is 560 g/mol. The fourth-order valence-electron chi connectivity index (χ4n) is 4.65. The van der Waals surface area contributed by atoms with Gasteiger partial charge in [0.05, 0.1) is 0 Å². The van der Waals surface area contributed by atoms with Gasteiger partial charge in [0, 0.05) is 0 Å². The maximum absolute atomic E-state index is 7.12. The van der Waals surface area contributed by atoms with Gasteiger partial charge in [0.15, 0.2) is 0 Å². The van der Waals surface area contributed by atoms with Crippen LogP contribution >= 0.6 is 0 Å². The number of unbranched alkanes of at least 4 members (excludes halogenated alkanes) is 2. The quantitative estimate of drug-likeness (QED) is 0.215. The van der Waals surface area contributed by atoms with Crippen LogP contribution in [0.15, 0.2) is 24.3 Å². The summed E-state index contributed by atoms with van der Waals surface area (Å²) >= 11 is -3.45. The van der Waals surface area contributed by atoms with E-state index < -0.39 is 19.2 Å². The van der Waals surface area contributed by atoms with Crippen molar-refractivity contribution >= 4 is 19.2 Å². The molecular formula is C30H48O2Sn. The molecule has 2 aromatic rings. The van der Waals surface area contributed by atoms with Gasteiger partial charge in [-0.2, -0.15) is 0 Å². The summed E-state index contributed by atoms with van der Waals surface area (Å²) in [5, 5.41) is 0. The molecule has 0 atom stereocenters. The van der Waals surface area contributed by atoms with Gasteiger partial charge in [-0.3, -0.25) is 0 Å². The Labute approximate surface area is 209 Å². The summed E-state index contributed by atoms with van der Waals surface area (Å²) in [6.45, 7) is 18.0. The van der Waals surface area contributed by atoms with E-state index in [9.17, 15) is 0 Å². The standard InChI is InChI=1S/2C11H16O.2C4H9.Sn/c2*1-4-5-10-6-7-11(12)9(3)8(10)2;2*1-3-4-2;/h2*6-7,12H,4-5H2,1-3H3;2*1,3-4H2,2H3;/q;;;;+2/p-2. The number of benzene rings is 2. The average molecular weight is 559 g/mol. The number of hydrogen-bond acceptors (Lipinski definition) is 2. The second-order valence-electron chi connectivity index (χ2n) is 9.77. The van der Waals surface area contributed by atoms with E-state index in [0.717, 1.165) is 33.2 Å². The van der Waals surface area contributed by atoms with E-state index in [0.29, 0.717) is 0 Å². The molecule has 0 fully saturated rings. The molecule has 0 spiro atoms. The van der Waals surface area contributed by atoms with Crippen molar-refractivity contribution in [3.63, 3.8) is 0 Å². The Kier molecular flexibility index (Phi) is 11.6. The molecule has 2 aromatic carbocycles. The topological polar surface area (TPSA) is 18.5 Å². The van der Waals surface area contributed by atoms with Gasteiger partial charge in [0.2, 0.25) is 0 Å². The first-order valence-electron chi connectivity index (χ1n) is 13.4. The zero-order chi connectivity index (χ0) is 24.4. The molecule has 33 heavy (non-hydrogen) atoms. The van der Waals surface area contributed by atoms with E-state index in [1.165, 1.54) is 71.9 Å². The number of rotatable bonds is 14. The first-order chi connectivity index (χ1) is 15.8. The first-order valence-corrected chi connectivity index (χ1v) is 19.7. The predicted molar refractivity (Wildman–Crippen MR) is 146 cm³/mol. The van der Waals surface area contributed by atoms with Crippen LogP contribution in [0.3, 0.4) is 0 Å². The van der Waals surface area contributed by atoms with Crippen molar-refractivity contribution in [2.24, 2.45) is 0 Å². The van der Waals surface area contributed by atoms with E-state index in [1.807, 2.05) is 0 Å². The summed E-state index contributed by atoms with van der Waals surface area (Å²) in [7, 11) is 0. The minimum atomic E-state index is -3.45. The molecule has 0 aliphatic carbocycles. The third-order valence-corrected chi connectivity index (χ3v) is 16.9. The molecule has 184 valence electrons. The van der Waals surface area contributed by atoms with Crippen LogP contribution in [0.5, 0.6) is 11.5 Å². The van der Waals surface area contributed by atoms with Gasteiger partial charge in [-0.05, 0) is 0 Å². The molecule has 0 saturated heterocycles. The van der Waals surface area contributed by atoms with Crippen LogP contribution in [-0.2, 0) is 12.8 Å². The van der Waals surface area contributed by atoms with Crippen LogP contribution in [-0.4, -0.2) is 19.2 Å². The molecule has 2 rings (SSSR count). The Balaban J connectivity index is 2.48. The molecule has 2 nitrogen and oxygen atoms in total. The van der Waals surface area contributed by atoms with Gasteiger partial charge in [-0.15, -0.1) is 0 Å².